The van der Waals surface area contributed by atoms with E-state index in [1.165, 1.54) is 96.0 Å². The van der Waals surface area contributed by atoms with Gasteiger partial charge in [-0.3, -0.25) is 31.4 Å². The van der Waals surface area contributed by atoms with E-state index in [2.05, 4.69) is 90.5 Å². The van der Waals surface area contributed by atoms with Gasteiger partial charge in [-0.2, -0.15) is 0 Å². The average molecular weight is 1360 g/mol. The summed E-state index contributed by atoms with van der Waals surface area (Å²) in [5, 5.41) is 32.5. The number of aliphatic hydroxyl groups is 1. The van der Waals surface area contributed by atoms with Crippen molar-refractivity contribution in [3.05, 3.63) is 147 Å². The summed E-state index contributed by atoms with van der Waals surface area (Å²) in [6, 6.07) is 28.2. The summed E-state index contributed by atoms with van der Waals surface area (Å²) in [6.45, 7) is 25.3. The Morgan fingerprint density at radius 3 is 1.07 bits per heavy atom. The minimum Gasteiger partial charge on any atom is -0.490 e. The summed E-state index contributed by atoms with van der Waals surface area (Å²) in [6.07, 6.45) is 21.4. The van der Waals surface area contributed by atoms with Gasteiger partial charge in [-0.25, -0.2) is 19.2 Å². The number of hydrogen-bond acceptors (Lipinski definition) is 13. The lowest BCUT2D eigenvalue weighted by Gasteiger charge is -2.18. The van der Waals surface area contributed by atoms with Crippen LogP contribution in [0.5, 0.6) is 11.5 Å². The molecule has 540 valence electrons. The second-order valence-corrected chi connectivity index (χ2v) is 28.7. The average Bonchev–Trinajstić information content (AvgIpc) is 0.824. The lowest BCUT2D eigenvalue weighted by Crippen LogP contribution is -2.15. The van der Waals surface area contributed by atoms with Crippen LogP contribution in [0.1, 0.15) is 231 Å². The van der Waals surface area contributed by atoms with Gasteiger partial charge < -0.3 is 33.5 Å². The molecule has 6 atom stereocenters. The Balaban J connectivity index is 1.06. The van der Waals surface area contributed by atoms with Crippen molar-refractivity contribution in [3.8, 4) is 11.5 Å². The number of ether oxygens (including phenoxy) is 6. The summed E-state index contributed by atoms with van der Waals surface area (Å²) >= 11 is 0. The van der Waals surface area contributed by atoms with Crippen LogP contribution < -0.4 is 30.7 Å². The highest BCUT2D eigenvalue weighted by Gasteiger charge is 2.23. The number of anilines is 4. The number of rotatable bonds is 46. The van der Waals surface area contributed by atoms with Crippen LogP contribution >= 0.6 is 0 Å². The maximum atomic E-state index is 13.2. The number of nitrogens with zero attached hydrogens (tertiary/aromatic N) is 1. The Labute approximate surface area is 585 Å². The van der Waals surface area contributed by atoms with Crippen molar-refractivity contribution >= 4 is 52.8 Å². The van der Waals surface area contributed by atoms with E-state index in [-0.39, 0.29) is 37.7 Å². The van der Waals surface area contributed by atoms with Crippen LogP contribution in [0, 0.1) is 64.4 Å². The van der Waals surface area contributed by atoms with Crippen molar-refractivity contribution in [1.29, 1.82) is 0 Å². The molecular formula is C80H117N5O13. The van der Waals surface area contributed by atoms with Crippen LogP contribution in [0.2, 0.25) is 0 Å². The number of carbonyl (C=O) groups is 4. The molecule has 0 aliphatic rings. The fourth-order valence-corrected chi connectivity index (χ4v) is 11.9. The van der Waals surface area contributed by atoms with Gasteiger partial charge in [0.25, 0.3) is 5.69 Å². The van der Waals surface area contributed by atoms with Gasteiger partial charge >= 0.3 is 24.4 Å². The van der Waals surface area contributed by atoms with Gasteiger partial charge in [-0.1, -0.05) is 233 Å². The molecule has 5 aromatic rings. The number of amides is 4. The number of aliphatic hydroxyl groups excluding tert-OH is 1. The van der Waals surface area contributed by atoms with Crippen molar-refractivity contribution in [2.45, 2.75) is 238 Å². The van der Waals surface area contributed by atoms with Gasteiger partial charge in [0, 0.05) is 22.7 Å². The number of benzene rings is 5. The van der Waals surface area contributed by atoms with Gasteiger partial charge in [-0.05, 0) is 143 Å². The molecule has 0 aliphatic heterocycles. The molecule has 5 rings (SSSR count). The Bertz CT molecular complexity index is 3140. The third-order valence-electron chi connectivity index (χ3n) is 18.4. The molecule has 5 aromatic carbocycles. The molecule has 0 aliphatic carbocycles. The first-order chi connectivity index (χ1) is 47.0. The molecule has 0 aromatic heterocycles. The Kier molecular flexibility index (Phi) is 37.1. The van der Waals surface area contributed by atoms with E-state index in [0.29, 0.717) is 93.4 Å². The molecule has 0 saturated heterocycles. The molecule has 0 spiro atoms. The van der Waals surface area contributed by atoms with Crippen LogP contribution in [0.3, 0.4) is 0 Å². The third kappa shape index (κ3) is 33.6. The van der Waals surface area contributed by atoms with Gasteiger partial charge in [-0.15, -0.1) is 0 Å². The van der Waals surface area contributed by atoms with Crippen molar-refractivity contribution in [2.75, 3.05) is 34.5 Å². The number of nitrogens with one attached hydrogen (secondary N) is 4. The second kappa shape index (κ2) is 44.9. The predicted molar refractivity (Wildman–Crippen MR) is 393 cm³/mol. The molecule has 0 radical (unpaired) electrons. The lowest BCUT2D eigenvalue weighted by molar-refractivity contribution is -0.385. The van der Waals surface area contributed by atoms with Gasteiger partial charge in [0.05, 0.1) is 36.4 Å². The zero-order valence-corrected chi connectivity index (χ0v) is 60.8. The zero-order valence-electron chi connectivity index (χ0n) is 60.8. The van der Waals surface area contributed by atoms with Gasteiger partial charge in [0.15, 0.2) is 11.5 Å². The highest BCUT2D eigenvalue weighted by Crippen LogP contribution is 2.37. The molecule has 0 heterocycles. The summed E-state index contributed by atoms with van der Waals surface area (Å²) in [5.41, 5.74) is 5.28. The molecule has 4 amide bonds. The number of carbonyl (C=O) groups excluding carboxylic acids is 4. The van der Waals surface area contributed by atoms with E-state index >= 15 is 0 Å². The van der Waals surface area contributed by atoms with Crippen molar-refractivity contribution in [1.82, 2.24) is 0 Å². The summed E-state index contributed by atoms with van der Waals surface area (Å²) in [5.74, 6) is 6.06. The van der Waals surface area contributed by atoms with E-state index in [1.807, 2.05) is 0 Å². The molecule has 2 unspecified atom stereocenters. The van der Waals surface area contributed by atoms with Gasteiger partial charge in [0.1, 0.15) is 26.4 Å². The minimum absolute atomic E-state index is 0.00451. The molecule has 0 bridgehead atoms. The van der Waals surface area contributed by atoms with Crippen LogP contribution in [0.4, 0.5) is 47.6 Å². The monoisotopic (exact) mass is 1360 g/mol. The smallest absolute Gasteiger partial charge is 0.411 e. The van der Waals surface area contributed by atoms with Crippen molar-refractivity contribution in [3.63, 3.8) is 0 Å². The first-order valence-corrected chi connectivity index (χ1v) is 36.3. The highest BCUT2D eigenvalue weighted by atomic mass is 16.6. The van der Waals surface area contributed by atoms with Crippen molar-refractivity contribution < 1.29 is 57.6 Å². The van der Waals surface area contributed by atoms with E-state index in [4.69, 9.17) is 28.4 Å². The summed E-state index contributed by atoms with van der Waals surface area (Å²) < 4.78 is 34.6. The number of nitro benzene ring substituents is 1. The Morgan fingerprint density at radius 2 is 0.714 bits per heavy atom. The normalized spacial score (nSPS) is 13.2. The zero-order chi connectivity index (χ0) is 71.2. The fourth-order valence-electron chi connectivity index (χ4n) is 11.9. The third-order valence-corrected chi connectivity index (χ3v) is 18.4. The Morgan fingerprint density at radius 1 is 0.398 bits per heavy atom. The van der Waals surface area contributed by atoms with E-state index in [0.717, 1.165) is 67.8 Å². The minimum atomic E-state index is -0.819. The van der Waals surface area contributed by atoms with Crippen LogP contribution in [-0.2, 0) is 52.0 Å². The molecule has 18 heteroatoms. The number of nitro groups is 1. The van der Waals surface area contributed by atoms with Crippen molar-refractivity contribution in [2.24, 2.45) is 47.3 Å². The van der Waals surface area contributed by atoms with E-state index in [1.54, 1.807) is 104 Å². The summed E-state index contributed by atoms with van der Waals surface area (Å²) in [4.78, 5) is 63.1. The van der Waals surface area contributed by atoms with Crippen LogP contribution in [0.25, 0.3) is 0 Å². The molecule has 5 N–H and O–H groups in total. The van der Waals surface area contributed by atoms with Crippen LogP contribution in [-0.4, -0.2) is 47.6 Å². The Hall–Kier alpha value is -7.86. The topological polar surface area (TPSA) is 235 Å². The molecule has 98 heavy (non-hydrogen) atoms. The maximum absolute atomic E-state index is 13.2. The van der Waals surface area contributed by atoms with E-state index in [9.17, 15) is 34.4 Å². The first-order valence-electron chi connectivity index (χ1n) is 36.3. The maximum Gasteiger partial charge on any atom is 0.411 e. The highest BCUT2D eigenvalue weighted by molar-refractivity contribution is 5.87. The quantitative estimate of drug-likeness (QED) is 0.0139. The first kappa shape index (κ1) is 80.8. The largest absolute Gasteiger partial charge is 0.490 e. The standard InChI is InChI=1S/C80H117N5O13/c1-56(2)18-12-20-58(5)22-14-24-60(7)26-16-28-62(9)44-46-93-75-49-69(74(85(91)92)50-76(75)94-47-45-63(10)29-17-27-61(8)25-15-23-59(6)21-13-19-57(3)4)55-98-79(89)83-72-41-34-67(35-42-72)53-96-80(90)84-73-43-36-68(48-64(73)11)54-97-78(88)82-71-39-32-66(33-40-71)52-95-77(87)81-70-37-30-65(51-86)31-38-70/h30-43,48-50,56-63,86H,12-29,44-47,51-55H2,1-11H3,(H,81,87)(H,82,88)(H,83,89)(H,84,90)/t58-,59-,60-,61-,62?,63?/m1/s1. The SMILES string of the molecule is Cc1cc(COC(=O)Nc2ccc(COC(=O)Nc3ccc(CO)cc3)cc2)ccc1NC(=O)OCc1ccc(NC(=O)OCc2cc(OCCC(C)CCC[C@H](C)CCC[C@H](C)CCCC(C)C)c(OCCC(C)CCC[C@H](C)CCC[C@H](C)CCCC(C)C)cc2[N+](=O)[O-])cc1. The predicted octanol–water partition coefficient (Wildman–Crippen LogP) is 22.1. The second-order valence-electron chi connectivity index (χ2n) is 28.7. The van der Waals surface area contributed by atoms with E-state index < -0.39 is 35.9 Å². The van der Waals surface area contributed by atoms with Crippen LogP contribution in [0.15, 0.2) is 103 Å². The molecule has 0 fully saturated rings. The molecular weight excluding hydrogens is 1240 g/mol. The molecule has 18 nitrogen and oxygen atoms in total. The van der Waals surface area contributed by atoms with Gasteiger partial charge in [0.2, 0.25) is 0 Å². The number of aryl methyl sites for hydroxylation is 1. The lowest BCUT2D eigenvalue weighted by atomic mass is 9.91. The summed E-state index contributed by atoms with van der Waals surface area (Å²) in [7, 11) is 0. The fraction of sp³-hybridized carbons (Fsp3) is 0.575. The number of hydrogen-bond donors (Lipinski definition) is 5. The molecule has 0 saturated carbocycles.